The number of nitrogens with one attached hydrogen (secondary N) is 1. The number of hydrogen-bond acceptors (Lipinski definition) is 7. The fraction of sp³-hybridized carbons (Fsp3) is 0.720. The molecule has 4 fully saturated rings. The van der Waals surface area contributed by atoms with Crippen LogP contribution in [0.25, 0.3) is 0 Å². The highest BCUT2D eigenvalue weighted by atomic mass is 32.2. The molecule has 3 aliphatic heterocycles. The van der Waals surface area contributed by atoms with E-state index < -0.39 is 27.3 Å². The summed E-state index contributed by atoms with van der Waals surface area (Å²) in [6.07, 6.45) is 4.57. The van der Waals surface area contributed by atoms with E-state index in [1.807, 2.05) is 13.8 Å². The zero-order valence-corrected chi connectivity index (χ0v) is 21.3. The van der Waals surface area contributed by atoms with Gasteiger partial charge >= 0.3 is 0 Å². The van der Waals surface area contributed by atoms with Gasteiger partial charge in [-0.15, -0.1) is 0 Å². The maximum atomic E-state index is 12.5. The third-order valence-electron chi connectivity index (χ3n) is 8.22. The van der Waals surface area contributed by atoms with Crippen molar-refractivity contribution in [3.8, 4) is 0 Å². The van der Waals surface area contributed by atoms with E-state index in [2.05, 4.69) is 12.2 Å². The fourth-order valence-electron chi connectivity index (χ4n) is 6.07. The summed E-state index contributed by atoms with van der Waals surface area (Å²) in [5, 5.41) is 13.8. The lowest BCUT2D eigenvalue weighted by atomic mass is 9.59. The molecule has 7 atom stereocenters. The average molecular weight is 496 g/mol. The SMILES string of the molecule is CC1CCC(C(C)C(O)CCC(=O)Nc2cccc(S(C)(=O)=O)c2)C23COC(C)(CCC12)OO3. The van der Waals surface area contributed by atoms with Crippen molar-refractivity contribution >= 4 is 21.4 Å². The third-order valence-corrected chi connectivity index (χ3v) is 9.33. The summed E-state index contributed by atoms with van der Waals surface area (Å²) in [5.74, 6) is -0.235. The van der Waals surface area contributed by atoms with Crippen molar-refractivity contribution in [1.82, 2.24) is 0 Å². The molecule has 1 aromatic carbocycles. The van der Waals surface area contributed by atoms with Crippen LogP contribution in [0.1, 0.15) is 59.3 Å². The van der Waals surface area contributed by atoms with E-state index in [4.69, 9.17) is 14.5 Å². The first-order chi connectivity index (χ1) is 15.9. The monoisotopic (exact) mass is 495 g/mol. The summed E-state index contributed by atoms with van der Waals surface area (Å²) < 4.78 is 29.6. The molecule has 34 heavy (non-hydrogen) atoms. The second kappa shape index (κ2) is 9.50. The number of carbonyl (C=O) groups excluding carboxylic acids is 1. The van der Waals surface area contributed by atoms with Crippen molar-refractivity contribution in [3.63, 3.8) is 0 Å². The van der Waals surface area contributed by atoms with Gasteiger partial charge in [0.1, 0.15) is 5.60 Å². The number of anilines is 1. The van der Waals surface area contributed by atoms with Crippen molar-refractivity contribution in [2.24, 2.45) is 23.7 Å². The molecule has 1 amide bonds. The number of sulfone groups is 1. The lowest BCUT2D eigenvalue weighted by Gasteiger charge is -2.53. The quantitative estimate of drug-likeness (QED) is 0.555. The zero-order valence-electron chi connectivity index (χ0n) is 20.5. The Labute approximate surface area is 202 Å². The van der Waals surface area contributed by atoms with E-state index in [-0.39, 0.29) is 29.1 Å². The average Bonchev–Trinajstić information content (AvgIpc) is 3.04. The number of ether oxygens (including phenoxy) is 1. The molecule has 7 unspecified atom stereocenters. The van der Waals surface area contributed by atoms with E-state index in [1.54, 1.807) is 12.1 Å². The number of aliphatic hydroxyl groups is 1. The van der Waals surface area contributed by atoms with Gasteiger partial charge in [-0.1, -0.05) is 19.9 Å². The smallest absolute Gasteiger partial charge is 0.224 e. The molecule has 1 aliphatic carbocycles. The van der Waals surface area contributed by atoms with Crippen LogP contribution in [-0.2, 0) is 29.1 Å². The summed E-state index contributed by atoms with van der Waals surface area (Å²) in [5.41, 5.74) is -0.160. The molecule has 4 aliphatic rings. The Morgan fingerprint density at radius 2 is 2.03 bits per heavy atom. The Hall–Kier alpha value is -1.52. The lowest BCUT2D eigenvalue weighted by molar-refractivity contribution is -0.517. The van der Waals surface area contributed by atoms with Crippen LogP contribution in [0, 0.1) is 23.7 Å². The molecule has 8 nitrogen and oxygen atoms in total. The molecule has 2 bridgehead atoms. The van der Waals surface area contributed by atoms with Crippen LogP contribution in [0.4, 0.5) is 5.69 Å². The Morgan fingerprint density at radius 3 is 2.71 bits per heavy atom. The number of fused-ring (bicyclic) bond motifs is 3. The van der Waals surface area contributed by atoms with Gasteiger partial charge in [0.15, 0.2) is 15.6 Å². The molecule has 5 rings (SSSR count). The highest BCUT2D eigenvalue weighted by molar-refractivity contribution is 7.90. The molecule has 0 radical (unpaired) electrons. The highest BCUT2D eigenvalue weighted by Crippen LogP contribution is 2.55. The van der Waals surface area contributed by atoms with Gasteiger partial charge in [-0.3, -0.25) is 4.79 Å². The molecule has 9 heteroatoms. The second-order valence-corrected chi connectivity index (χ2v) is 12.7. The van der Waals surface area contributed by atoms with E-state index in [0.29, 0.717) is 30.6 Å². The van der Waals surface area contributed by atoms with Crippen molar-refractivity contribution in [2.75, 3.05) is 18.2 Å². The molecule has 0 aromatic heterocycles. The molecule has 2 N–H and O–H groups in total. The second-order valence-electron chi connectivity index (χ2n) is 10.7. The normalized spacial score (nSPS) is 35.1. The van der Waals surface area contributed by atoms with Gasteiger partial charge < -0.3 is 15.2 Å². The minimum absolute atomic E-state index is 0.0563. The van der Waals surface area contributed by atoms with Crippen molar-refractivity contribution in [2.45, 2.75) is 81.7 Å². The number of carbonyl (C=O) groups is 1. The summed E-state index contributed by atoms with van der Waals surface area (Å²) in [6.45, 7) is 6.65. The van der Waals surface area contributed by atoms with E-state index in [0.717, 1.165) is 31.9 Å². The van der Waals surface area contributed by atoms with Gasteiger partial charge in [-0.25, -0.2) is 18.2 Å². The molecule has 1 spiro atoms. The van der Waals surface area contributed by atoms with Crippen molar-refractivity contribution in [3.05, 3.63) is 24.3 Å². The Kier molecular flexibility index (Phi) is 7.15. The van der Waals surface area contributed by atoms with Crippen LogP contribution in [0.3, 0.4) is 0 Å². The van der Waals surface area contributed by atoms with Gasteiger partial charge in [0.05, 0.1) is 17.6 Å². The first kappa shape index (κ1) is 25.6. The van der Waals surface area contributed by atoms with Crippen molar-refractivity contribution in [1.29, 1.82) is 0 Å². The van der Waals surface area contributed by atoms with Gasteiger partial charge in [0, 0.05) is 24.8 Å². The summed E-state index contributed by atoms with van der Waals surface area (Å²) in [6, 6.07) is 6.17. The minimum atomic E-state index is -3.36. The third kappa shape index (κ3) is 5.04. The first-order valence-corrected chi connectivity index (χ1v) is 14.1. The summed E-state index contributed by atoms with van der Waals surface area (Å²) >= 11 is 0. The van der Waals surface area contributed by atoms with Crippen molar-refractivity contribution < 1.29 is 32.8 Å². The standard InChI is InChI=1S/C25H37NO7S/c1-16-8-9-21(25-15-31-24(3,32-33-25)13-12-20(16)25)17(2)22(27)10-11-23(28)26-18-6-5-7-19(14-18)34(4,29)30/h5-7,14,16-17,20-22,27H,8-13,15H2,1-4H3,(H,26,28). The van der Waals surface area contributed by atoms with Gasteiger partial charge in [-0.05, 0) is 74.5 Å². The summed E-state index contributed by atoms with van der Waals surface area (Å²) in [7, 11) is -3.36. The van der Waals surface area contributed by atoms with Gasteiger partial charge in [-0.2, -0.15) is 0 Å². The van der Waals surface area contributed by atoms with E-state index >= 15 is 0 Å². The van der Waals surface area contributed by atoms with Gasteiger partial charge in [0.2, 0.25) is 5.91 Å². The largest absolute Gasteiger partial charge is 0.393 e. The maximum Gasteiger partial charge on any atom is 0.224 e. The van der Waals surface area contributed by atoms with Crippen LogP contribution >= 0.6 is 0 Å². The fourth-order valence-corrected chi connectivity index (χ4v) is 6.73. The number of aliphatic hydroxyl groups excluding tert-OH is 1. The molecular weight excluding hydrogens is 458 g/mol. The maximum absolute atomic E-state index is 12.5. The topological polar surface area (TPSA) is 111 Å². The first-order valence-electron chi connectivity index (χ1n) is 12.2. The number of rotatable bonds is 7. The predicted octanol–water partition coefficient (Wildman–Crippen LogP) is 3.70. The van der Waals surface area contributed by atoms with E-state index in [9.17, 15) is 18.3 Å². The predicted molar refractivity (Wildman–Crippen MR) is 126 cm³/mol. The highest BCUT2D eigenvalue weighted by Gasteiger charge is 2.61. The van der Waals surface area contributed by atoms with Crippen LogP contribution in [-0.4, -0.2) is 49.8 Å². The molecule has 3 saturated heterocycles. The number of benzene rings is 1. The number of amides is 1. The van der Waals surface area contributed by atoms with Gasteiger partial charge in [0.25, 0.3) is 0 Å². The Morgan fingerprint density at radius 1 is 1.26 bits per heavy atom. The van der Waals surface area contributed by atoms with Crippen LogP contribution < -0.4 is 5.32 Å². The zero-order chi connectivity index (χ0) is 24.7. The summed E-state index contributed by atoms with van der Waals surface area (Å²) in [4.78, 5) is 24.5. The minimum Gasteiger partial charge on any atom is -0.393 e. The van der Waals surface area contributed by atoms with Crippen LogP contribution in [0.15, 0.2) is 29.2 Å². The molecular formula is C25H37NO7S. The van der Waals surface area contributed by atoms with Crippen LogP contribution in [0.5, 0.6) is 0 Å². The molecule has 3 heterocycles. The Balaban J connectivity index is 1.39. The lowest BCUT2D eigenvalue weighted by Crippen LogP contribution is -2.61. The molecule has 190 valence electrons. The Bertz CT molecular complexity index is 1000. The molecule has 1 saturated carbocycles. The van der Waals surface area contributed by atoms with E-state index in [1.165, 1.54) is 12.1 Å². The molecule has 1 aromatic rings. The van der Waals surface area contributed by atoms with Crippen LogP contribution in [0.2, 0.25) is 0 Å². The number of hydrogen-bond donors (Lipinski definition) is 2.